The lowest BCUT2D eigenvalue weighted by Gasteiger charge is -2.31. The molecule has 1 aliphatic rings. The second kappa shape index (κ2) is 8.98. The van der Waals surface area contributed by atoms with Crippen molar-refractivity contribution in [3.63, 3.8) is 0 Å². The van der Waals surface area contributed by atoms with Gasteiger partial charge in [0.25, 0.3) is 0 Å². The first-order valence-electron chi connectivity index (χ1n) is 10.3. The first-order valence-corrected chi connectivity index (χ1v) is 10.3. The van der Waals surface area contributed by atoms with Crippen LogP contribution in [-0.4, -0.2) is 48.1 Å². The van der Waals surface area contributed by atoms with Gasteiger partial charge in [-0.3, -0.25) is 4.90 Å². The average Bonchev–Trinajstić information content (AvgIpc) is 3.17. The third kappa shape index (κ3) is 4.25. The molecule has 1 atom stereocenters. The van der Waals surface area contributed by atoms with E-state index in [9.17, 15) is 4.39 Å². The number of aromatic nitrogens is 2. The smallest absolute Gasteiger partial charge is 0.165 e. The Hall–Kier alpha value is -2.70. The maximum Gasteiger partial charge on any atom is 0.165 e. The van der Waals surface area contributed by atoms with E-state index in [2.05, 4.69) is 24.1 Å². The van der Waals surface area contributed by atoms with Gasteiger partial charge in [0.15, 0.2) is 11.6 Å². The fourth-order valence-corrected chi connectivity index (χ4v) is 4.12. The molecule has 30 heavy (non-hydrogen) atoms. The number of benzene rings is 2. The molecule has 0 spiro atoms. The van der Waals surface area contributed by atoms with Crippen molar-refractivity contribution in [1.29, 1.82) is 0 Å². The van der Waals surface area contributed by atoms with Crippen LogP contribution in [0.5, 0.6) is 5.75 Å². The molecule has 1 unspecified atom stereocenters. The van der Waals surface area contributed by atoms with Gasteiger partial charge in [0.05, 0.1) is 24.6 Å². The van der Waals surface area contributed by atoms with Crippen molar-refractivity contribution in [2.75, 3.05) is 27.3 Å². The van der Waals surface area contributed by atoms with Crippen molar-refractivity contribution in [3.05, 3.63) is 65.6 Å². The van der Waals surface area contributed by atoms with E-state index in [0.29, 0.717) is 0 Å². The Kier molecular flexibility index (Phi) is 6.16. The van der Waals surface area contributed by atoms with Crippen molar-refractivity contribution < 1.29 is 13.9 Å². The number of likely N-dealkylation sites (tertiary alicyclic amines) is 1. The molecule has 158 valence electrons. The molecule has 2 heterocycles. The molecule has 1 fully saturated rings. The molecular formula is C24H28FN3O2. The SMILES string of the molecule is COc1ccc(-c2nn(-c3ccccc3C)cc2CN2CCCC(OC)C2)cc1F. The molecule has 4 rings (SSSR count). The average molecular weight is 410 g/mol. The van der Waals surface area contributed by atoms with Crippen molar-refractivity contribution in [3.8, 4) is 22.7 Å². The van der Waals surface area contributed by atoms with Gasteiger partial charge in [0, 0.05) is 37.5 Å². The van der Waals surface area contributed by atoms with Gasteiger partial charge < -0.3 is 9.47 Å². The summed E-state index contributed by atoms with van der Waals surface area (Å²) < 4.78 is 27.0. The lowest BCUT2D eigenvalue weighted by molar-refractivity contribution is 0.0286. The molecule has 5 nitrogen and oxygen atoms in total. The molecule has 0 radical (unpaired) electrons. The number of hydrogen-bond donors (Lipinski definition) is 0. The summed E-state index contributed by atoms with van der Waals surface area (Å²) in [6.45, 7) is 4.72. The maximum absolute atomic E-state index is 14.4. The van der Waals surface area contributed by atoms with Gasteiger partial charge in [-0.25, -0.2) is 9.07 Å². The largest absolute Gasteiger partial charge is 0.494 e. The summed E-state index contributed by atoms with van der Waals surface area (Å²) in [6, 6.07) is 13.2. The Morgan fingerprint density at radius 1 is 1.17 bits per heavy atom. The Morgan fingerprint density at radius 3 is 2.73 bits per heavy atom. The lowest BCUT2D eigenvalue weighted by atomic mass is 10.0. The molecule has 1 aliphatic heterocycles. The highest BCUT2D eigenvalue weighted by molar-refractivity contribution is 5.64. The predicted octanol–water partition coefficient (Wildman–Crippen LogP) is 4.61. The summed E-state index contributed by atoms with van der Waals surface area (Å²) in [7, 11) is 3.24. The molecule has 1 saturated heterocycles. The molecular weight excluding hydrogens is 381 g/mol. The minimum atomic E-state index is -0.385. The zero-order valence-electron chi connectivity index (χ0n) is 17.8. The van der Waals surface area contributed by atoms with E-state index in [1.54, 1.807) is 13.2 Å². The van der Waals surface area contributed by atoms with E-state index in [1.807, 2.05) is 28.9 Å². The van der Waals surface area contributed by atoms with Crippen LogP contribution in [0.1, 0.15) is 24.0 Å². The number of piperidine rings is 1. The van der Waals surface area contributed by atoms with Gasteiger partial charge in [-0.1, -0.05) is 18.2 Å². The molecule has 3 aromatic rings. The van der Waals surface area contributed by atoms with Crippen LogP contribution in [0.3, 0.4) is 0 Å². The quantitative estimate of drug-likeness (QED) is 0.596. The molecule has 2 aromatic carbocycles. The van der Waals surface area contributed by atoms with Gasteiger partial charge in [-0.2, -0.15) is 5.10 Å². The Morgan fingerprint density at radius 2 is 2.00 bits per heavy atom. The van der Waals surface area contributed by atoms with E-state index in [1.165, 1.54) is 13.2 Å². The Balaban J connectivity index is 1.73. The van der Waals surface area contributed by atoms with Crippen LogP contribution in [0.4, 0.5) is 4.39 Å². The van der Waals surface area contributed by atoms with Crippen molar-refractivity contribution >= 4 is 0 Å². The predicted molar refractivity (Wildman–Crippen MR) is 116 cm³/mol. The highest BCUT2D eigenvalue weighted by Gasteiger charge is 2.22. The van der Waals surface area contributed by atoms with Crippen molar-refractivity contribution in [2.24, 2.45) is 0 Å². The minimum absolute atomic E-state index is 0.234. The van der Waals surface area contributed by atoms with Gasteiger partial charge in [0.2, 0.25) is 0 Å². The number of para-hydroxylation sites is 1. The second-order valence-corrected chi connectivity index (χ2v) is 7.82. The van der Waals surface area contributed by atoms with Gasteiger partial charge in [-0.15, -0.1) is 0 Å². The van der Waals surface area contributed by atoms with Crippen LogP contribution in [0.25, 0.3) is 16.9 Å². The first-order chi connectivity index (χ1) is 14.6. The highest BCUT2D eigenvalue weighted by atomic mass is 19.1. The first kappa shape index (κ1) is 20.6. The van der Waals surface area contributed by atoms with Gasteiger partial charge in [-0.05, 0) is 56.1 Å². The van der Waals surface area contributed by atoms with Crippen molar-refractivity contribution in [2.45, 2.75) is 32.4 Å². The standard InChI is InChI=1S/C24H28FN3O2/c1-17-7-4-5-9-22(17)28-15-19(14-27-12-6-8-20(16-27)29-2)24(26-28)18-10-11-23(30-3)21(25)13-18/h4-5,7,9-11,13,15,20H,6,8,12,14,16H2,1-3H3. The lowest BCUT2D eigenvalue weighted by Crippen LogP contribution is -2.38. The fourth-order valence-electron chi connectivity index (χ4n) is 4.12. The summed E-state index contributed by atoms with van der Waals surface area (Å²) in [6.07, 6.45) is 4.52. The summed E-state index contributed by atoms with van der Waals surface area (Å²) in [5.74, 6) is -0.151. The number of aryl methyl sites for hydroxylation is 1. The van der Waals surface area contributed by atoms with Crippen LogP contribution >= 0.6 is 0 Å². The summed E-state index contributed by atoms with van der Waals surface area (Å²) in [5, 5.41) is 4.86. The molecule has 0 saturated carbocycles. The van der Waals surface area contributed by atoms with Crippen molar-refractivity contribution in [1.82, 2.24) is 14.7 Å². The van der Waals surface area contributed by atoms with Crippen LogP contribution < -0.4 is 4.74 Å². The third-order valence-electron chi connectivity index (χ3n) is 5.77. The normalized spacial score (nSPS) is 17.3. The summed E-state index contributed by atoms with van der Waals surface area (Å²) in [5.41, 5.74) is 4.76. The van der Waals surface area contributed by atoms with Gasteiger partial charge >= 0.3 is 0 Å². The van der Waals surface area contributed by atoms with E-state index in [0.717, 1.165) is 60.5 Å². The highest BCUT2D eigenvalue weighted by Crippen LogP contribution is 2.30. The summed E-state index contributed by atoms with van der Waals surface area (Å²) in [4.78, 5) is 2.39. The number of nitrogens with zero attached hydrogens (tertiary/aromatic N) is 3. The van der Waals surface area contributed by atoms with E-state index >= 15 is 0 Å². The number of methoxy groups -OCH3 is 2. The molecule has 0 bridgehead atoms. The monoisotopic (exact) mass is 409 g/mol. The Labute approximate surface area is 177 Å². The Bertz CT molecular complexity index is 1020. The number of ether oxygens (including phenoxy) is 2. The minimum Gasteiger partial charge on any atom is -0.494 e. The molecule has 6 heteroatoms. The van der Waals surface area contributed by atoms with Crippen LogP contribution in [-0.2, 0) is 11.3 Å². The second-order valence-electron chi connectivity index (χ2n) is 7.82. The maximum atomic E-state index is 14.4. The van der Waals surface area contributed by atoms with Crippen LogP contribution in [0.15, 0.2) is 48.7 Å². The number of rotatable bonds is 6. The molecule has 0 amide bonds. The zero-order valence-corrected chi connectivity index (χ0v) is 17.8. The van der Waals surface area contributed by atoms with E-state index in [-0.39, 0.29) is 17.7 Å². The topological polar surface area (TPSA) is 39.5 Å². The molecule has 0 aliphatic carbocycles. The third-order valence-corrected chi connectivity index (χ3v) is 5.77. The summed E-state index contributed by atoms with van der Waals surface area (Å²) >= 11 is 0. The number of halogens is 1. The van der Waals surface area contributed by atoms with E-state index in [4.69, 9.17) is 14.6 Å². The van der Waals surface area contributed by atoms with Crippen LogP contribution in [0.2, 0.25) is 0 Å². The van der Waals surface area contributed by atoms with Crippen LogP contribution in [0, 0.1) is 12.7 Å². The van der Waals surface area contributed by atoms with Gasteiger partial charge in [0.1, 0.15) is 0 Å². The molecule has 0 N–H and O–H groups in total. The number of hydrogen-bond acceptors (Lipinski definition) is 4. The fraction of sp³-hybridized carbons (Fsp3) is 0.375. The molecule has 1 aromatic heterocycles. The van der Waals surface area contributed by atoms with E-state index < -0.39 is 0 Å². The zero-order chi connectivity index (χ0) is 21.1.